The normalized spacial score (nSPS) is 25.6. The second-order valence-corrected chi connectivity index (χ2v) is 5.60. The van der Waals surface area contributed by atoms with Gasteiger partial charge in [-0.1, -0.05) is 48.2 Å². The molecule has 92 valence electrons. The summed E-state index contributed by atoms with van der Waals surface area (Å²) in [6.07, 6.45) is 0. The molecule has 0 N–H and O–H groups in total. The zero-order valence-corrected chi connectivity index (χ0v) is 11.3. The van der Waals surface area contributed by atoms with E-state index in [1.54, 1.807) is 18.8 Å². The Labute approximate surface area is 111 Å². The molecule has 1 unspecified atom stereocenters. The smallest absolute Gasteiger partial charge is 0.246 e. The van der Waals surface area contributed by atoms with Gasteiger partial charge >= 0.3 is 0 Å². The fourth-order valence-electron chi connectivity index (χ4n) is 2.22. The number of aliphatic imine (C=N–C) groups is 1. The molecule has 0 aromatic heterocycles. The highest BCUT2D eigenvalue weighted by Gasteiger charge is 2.36. The van der Waals surface area contributed by atoms with Crippen molar-refractivity contribution in [2.45, 2.75) is 12.5 Å². The molecule has 2 aromatic carbocycles. The van der Waals surface area contributed by atoms with E-state index in [1.807, 2.05) is 0 Å². The second kappa shape index (κ2) is 4.32. The van der Waals surface area contributed by atoms with Gasteiger partial charge in [-0.25, -0.2) is 4.99 Å². The molecule has 2 nitrogen and oxygen atoms in total. The van der Waals surface area contributed by atoms with Gasteiger partial charge in [-0.2, -0.15) is 0 Å². The van der Waals surface area contributed by atoms with Crippen LogP contribution in [0.4, 0.5) is 0 Å². The van der Waals surface area contributed by atoms with E-state index in [0.717, 1.165) is 11.0 Å². The number of benzene rings is 2. The third kappa shape index (κ3) is 1.89. The average molecular weight is 257 g/mol. The maximum atomic E-state index is 5.95. The van der Waals surface area contributed by atoms with Gasteiger partial charge in [0.25, 0.3) is 0 Å². The van der Waals surface area contributed by atoms with Gasteiger partial charge in [-0.15, -0.1) is 0 Å². The summed E-state index contributed by atoms with van der Waals surface area (Å²) in [5.41, 5.74) is 0.955. The van der Waals surface area contributed by atoms with Crippen LogP contribution in [0.5, 0.6) is 0 Å². The van der Waals surface area contributed by atoms with Gasteiger partial charge < -0.3 is 4.74 Å². The van der Waals surface area contributed by atoms with Crippen LogP contribution in [0.25, 0.3) is 10.8 Å². The van der Waals surface area contributed by atoms with Gasteiger partial charge in [0.15, 0.2) is 0 Å². The fourth-order valence-corrected chi connectivity index (χ4v) is 3.22. The molecule has 1 saturated heterocycles. The van der Waals surface area contributed by atoms with E-state index in [9.17, 15) is 0 Å². The summed E-state index contributed by atoms with van der Waals surface area (Å²) in [4.78, 5) is 4.13. The van der Waals surface area contributed by atoms with Gasteiger partial charge in [0.2, 0.25) is 5.23 Å². The Bertz CT molecular complexity index is 623. The lowest BCUT2D eigenvalue weighted by Gasteiger charge is -2.23. The van der Waals surface area contributed by atoms with Gasteiger partial charge in [-0.05, 0) is 29.3 Å². The summed E-state index contributed by atoms with van der Waals surface area (Å²) in [6.45, 7) is 2.13. The molecule has 1 aliphatic heterocycles. The average Bonchev–Trinajstić information content (AvgIpc) is 2.81. The Balaban J connectivity index is 2.04. The van der Waals surface area contributed by atoms with Crippen LogP contribution in [0, 0.1) is 0 Å². The van der Waals surface area contributed by atoms with Gasteiger partial charge in [0.1, 0.15) is 5.60 Å². The minimum atomic E-state index is -0.260. The minimum Gasteiger partial charge on any atom is -0.461 e. The predicted octanol–water partition coefficient (Wildman–Crippen LogP) is 3.80. The zero-order valence-electron chi connectivity index (χ0n) is 10.5. The minimum absolute atomic E-state index is 0.260. The summed E-state index contributed by atoms with van der Waals surface area (Å²) in [5.74, 6) is 0.915. The molecule has 0 bridgehead atoms. The first-order chi connectivity index (χ1) is 8.71. The van der Waals surface area contributed by atoms with E-state index in [-0.39, 0.29) is 5.60 Å². The van der Waals surface area contributed by atoms with E-state index < -0.39 is 0 Å². The molecule has 1 fully saturated rings. The summed E-state index contributed by atoms with van der Waals surface area (Å²) in [7, 11) is 1.77. The van der Waals surface area contributed by atoms with E-state index in [2.05, 4.69) is 54.4 Å². The topological polar surface area (TPSA) is 21.6 Å². The van der Waals surface area contributed by atoms with Crippen molar-refractivity contribution in [3.8, 4) is 0 Å². The van der Waals surface area contributed by atoms with Crippen LogP contribution < -0.4 is 0 Å². The van der Waals surface area contributed by atoms with Crippen LogP contribution in [0.1, 0.15) is 12.5 Å². The number of fused-ring (bicyclic) bond motifs is 1. The van der Waals surface area contributed by atoms with Crippen molar-refractivity contribution in [3.63, 3.8) is 0 Å². The Hall–Kier alpha value is -1.48. The molecule has 0 aliphatic carbocycles. The Morgan fingerprint density at radius 3 is 2.67 bits per heavy atom. The maximum Gasteiger partial charge on any atom is 0.246 e. The van der Waals surface area contributed by atoms with Gasteiger partial charge in [0, 0.05) is 12.8 Å². The van der Waals surface area contributed by atoms with Crippen molar-refractivity contribution < 1.29 is 4.74 Å². The third-order valence-electron chi connectivity index (χ3n) is 3.33. The Morgan fingerprint density at radius 2 is 1.94 bits per heavy atom. The van der Waals surface area contributed by atoms with Gasteiger partial charge in [-0.3, -0.25) is 0 Å². The molecular formula is C15H15NOS. The van der Waals surface area contributed by atoms with Crippen LogP contribution in [-0.4, -0.2) is 18.0 Å². The fraction of sp³-hybridized carbons (Fsp3) is 0.267. The van der Waals surface area contributed by atoms with Gasteiger partial charge in [0.05, 0.1) is 0 Å². The van der Waals surface area contributed by atoms with Crippen LogP contribution in [0.2, 0.25) is 0 Å². The lowest BCUT2D eigenvalue weighted by Crippen LogP contribution is -2.24. The highest BCUT2D eigenvalue weighted by molar-refractivity contribution is 8.13. The predicted molar refractivity (Wildman–Crippen MR) is 78.2 cm³/mol. The lowest BCUT2D eigenvalue weighted by atomic mass is 9.95. The van der Waals surface area contributed by atoms with Crippen LogP contribution in [0.15, 0.2) is 47.5 Å². The number of rotatable bonds is 1. The molecule has 1 aliphatic rings. The molecule has 3 rings (SSSR count). The monoisotopic (exact) mass is 257 g/mol. The van der Waals surface area contributed by atoms with Crippen molar-refractivity contribution in [1.82, 2.24) is 0 Å². The summed E-state index contributed by atoms with van der Waals surface area (Å²) in [5, 5.41) is 3.30. The number of hydrogen-bond acceptors (Lipinski definition) is 3. The first kappa shape index (κ1) is 11.6. The van der Waals surface area contributed by atoms with Crippen molar-refractivity contribution in [2.75, 3.05) is 12.8 Å². The number of ether oxygens (including phenoxy) is 1. The largest absolute Gasteiger partial charge is 0.461 e. The SMILES string of the molecule is CN=C1OC(C)(c2ccc3ccccc3c2)CS1. The van der Waals surface area contributed by atoms with Crippen LogP contribution >= 0.6 is 11.8 Å². The molecule has 2 aromatic rings. The third-order valence-corrected chi connectivity index (χ3v) is 4.53. The molecule has 0 amide bonds. The standard InChI is InChI=1S/C15H15NOS/c1-15(10-18-14(16-2)17-15)13-8-7-11-5-3-4-6-12(11)9-13/h3-9H,10H2,1-2H3. The lowest BCUT2D eigenvalue weighted by molar-refractivity contribution is 0.115. The summed E-state index contributed by atoms with van der Waals surface area (Å²) >= 11 is 1.68. The van der Waals surface area contributed by atoms with Crippen molar-refractivity contribution >= 4 is 27.8 Å². The first-order valence-electron chi connectivity index (χ1n) is 5.99. The van der Waals surface area contributed by atoms with Crippen molar-refractivity contribution in [2.24, 2.45) is 4.99 Å². The first-order valence-corrected chi connectivity index (χ1v) is 6.98. The molecule has 1 heterocycles. The van der Waals surface area contributed by atoms with Crippen LogP contribution in [-0.2, 0) is 10.3 Å². The number of hydrogen-bond donors (Lipinski definition) is 0. The number of nitrogens with zero attached hydrogens (tertiary/aromatic N) is 1. The highest BCUT2D eigenvalue weighted by atomic mass is 32.2. The summed E-state index contributed by atoms with van der Waals surface area (Å²) < 4.78 is 5.95. The zero-order chi connectivity index (χ0) is 12.6. The number of thioether (sulfide) groups is 1. The quantitative estimate of drug-likeness (QED) is 0.775. The van der Waals surface area contributed by atoms with E-state index >= 15 is 0 Å². The molecule has 18 heavy (non-hydrogen) atoms. The maximum absolute atomic E-state index is 5.95. The molecule has 0 radical (unpaired) electrons. The summed E-state index contributed by atoms with van der Waals surface area (Å²) in [6, 6.07) is 14.9. The van der Waals surface area contributed by atoms with E-state index in [0.29, 0.717) is 0 Å². The Kier molecular flexibility index (Phi) is 2.78. The molecule has 0 spiro atoms. The van der Waals surface area contributed by atoms with E-state index in [1.165, 1.54) is 16.3 Å². The van der Waals surface area contributed by atoms with Crippen LogP contribution in [0.3, 0.4) is 0 Å². The van der Waals surface area contributed by atoms with Crippen molar-refractivity contribution in [1.29, 1.82) is 0 Å². The molecule has 0 saturated carbocycles. The van der Waals surface area contributed by atoms with E-state index in [4.69, 9.17) is 4.74 Å². The Morgan fingerprint density at radius 1 is 1.17 bits per heavy atom. The molecule has 3 heteroatoms. The molecular weight excluding hydrogens is 242 g/mol. The van der Waals surface area contributed by atoms with Crippen molar-refractivity contribution in [3.05, 3.63) is 48.0 Å². The highest BCUT2D eigenvalue weighted by Crippen LogP contribution is 2.38. The second-order valence-electron chi connectivity index (χ2n) is 4.67. The molecule has 1 atom stereocenters.